The van der Waals surface area contributed by atoms with E-state index in [1.165, 1.54) is 11.3 Å². The Morgan fingerprint density at radius 2 is 1.88 bits per heavy atom. The highest BCUT2D eigenvalue weighted by atomic mass is 35.5. The van der Waals surface area contributed by atoms with Gasteiger partial charge in [0.25, 0.3) is 0 Å². The number of aromatic nitrogens is 1. The number of rotatable bonds is 7. The SMILES string of the molecule is CC(C)C(N)CCN(C)C(=O)Cc1csc(NC(=O)C(C)(C)C)n1.Cl.Cl. The van der Waals surface area contributed by atoms with Crippen LogP contribution < -0.4 is 11.1 Å². The molecule has 1 aromatic heterocycles. The number of halogens is 2. The molecular formula is C17H32Cl2N4O2S. The first-order valence-electron chi connectivity index (χ1n) is 8.26. The van der Waals surface area contributed by atoms with Gasteiger partial charge in [-0.05, 0) is 12.3 Å². The van der Waals surface area contributed by atoms with Crippen molar-refractivity contribution in [1.82, 2.24) is 9.88 Å². The summed E-state index contributed by atoms with van der Waals surface area (Å²) in [7, 11) is 1.78. The minimum atomic E-state index is -0.475. The van der Waals surface area contributed by atoms with E-state index < -0.39 is 5.41 Å². The monoisotopic (exact) mass is 426 g/mol. The molecule has 1 rings (SSSR count). The molecule has 0 bridgehead atoms. The van der Waals surface area contributed by atoms with E-state index in [4.69, 9.17) is 5.73 Å². The van der Waals surface area contributed by atoms with Crippen LogP contribution in [0.4, 0.5) is 5.13 Å². The van der Waals surface area contributed by atoms with Crippen LogP contribution in [0.2, 0.25) is 0 Å². The summed E-state index contributed by atoms with van der Waals surface area (Å²) in [6.45, 7) is 10.3. The van der Waals surface area contributed by atoms with Crippen molar-refractivity contribution in [2.75, 3.05) is 18.9 Å². The van der Waals surface area contributed by atoms with Crippen LogP contribution >= 0.6 is 36.2 Å². The van der Waals surface area contributed by atoms with Gasteiger partial charge in [-0.3, -0.25) is 9.59 Å². The Labute approximate surface area is 173 Å². The average Bonchev–Trinajstić information content (AvgIpc) is 2.90. The zero-order valence-electron chi connectivity index (χ0n) is 16.4. The van der Waals surface area contributed by atoms with E-state index in [2.05, 4.69) is 24.1 Å². The molecule has 1 unspecified atom stereocenters. The van der Waals surface area contributed by atoms with Gasteiger partial charge in [0.05, 0.1) is 12.1 Å². The molecule has 0 spiro atoms. The lowest BCUT2D eigenvalue weighted by Gasteiger charge is -2.21. The van der Waals surface area contributed by atoms with Gasteiger partial charge >= 0.3 is 0 Å². The molecule has 0 aliphatic heterocycles. The number of amides is 2. The van der Waals surface area contributed by atoms with Gasteiger partial charge in [0.15, 0.2) is 5.13 Å². The van der Waals surface area contributed by atoms with Crippen molar-refractivity contribution >= 4 is 53.1 Å². The number of carbonyl (C=O) groups is 2. The Balaban J connectivity index is 0. The Morgan fingerprint density at radius 1 is 1.31 bits per heavy atom. The molecule has 1 heterocycles. The van der Waals surface area contributed by atoms with Gasteiger partial charge in [0.2, 0.25) is 11.8 Å². The zero-order chi connectivity index (χ0) is 18.5. The molecule has 26 heavy (non-hydrogen) atoms. The summed E-state index contributed by atoms with van der Waals surface area (Å²) in [5.41, 5.74) is 6.21. The Hall–Kier alpha value is -0.890. The van der Waals surface area contributed by atoms with Crippen LogP contribution in [0, 0.1) is 11.3 Å². The van der Waals surface area contributed by atoms with E-state index in [9.17, 15) is 9.59 Å². The van der Waals surface area contributed by atoms with Crippen molar-refractivity contribution in [2.45, 2.75) is 53.5 Å². The molecule has 0 saturated carbocycles. The molecule has 1 atom stereocenters. The molecule has 0 aromatic carbocycles. The van der Waals surface area contributed by atoms with Gasteiger partial charge in [-0.25, -0.2) is 4.98 Å². The summed E-state index contributed by atoms with van der Waals surface area (Å²) in [4.78, 5) is 30.2. The van der Waals surface area contributed by atoms with Crippen molar-refractivity contribution < 1.29 is 9.59 Å². The molecule has 1 aromatic rings. The fourth-order valence-corrected chi connectivity index (χ4v) is 2.53. The van der Waals surface area contributed by atoms with Crippen LogP contribution in [0.5, 0.6) is 0 Å². The van der Waals surface area contributed by atoms with Crippen LogP contribution in [-0.4, -0.2) is 41.3 Å². The number of nitrogens with two attached hydrogens (primary N) is 1. The number of thiazole rings is 1. The normalized spacial score (nSPS) is 12.0. The van der Waals surface area contributed by atoms with E-state index >= 15 is 0 Å². The first-order valence-corrected chi connectivity index (χ1v) is 9.14. The number of likely N-dealkylation sites (N-methyl/N-ethyl adjacent to an activating group) is 1. The maximum Gasteiger partial charge on any atom is 0.231 e. The smallest absolute Gasteiger partial charge is 0.231 e. The quantitative estimate of drug-likeness (QED) is 0.699. The van der Waals surface area contributed by atoms with E-state index in [1.807, 2.05) is 26.2 Å². The maximum absolute atomic E-state index is 12.2. The third-order valence-electron chi connectivity index (χ3n) is 3.87. The lowest BCUT2D eigenvalue weighted by Crippen LogP contribution is -2.35. The molecule has 2 amide bonds. The lowest BCUT2D eigenvalue weighted by atomic mass is 9.96. The molecule has 0 fully saturated rings. The third kappa shape index (κ3) is 9.16. The summed E-state index contributed by atoms with van der Waals surface area (Å²) in [5.74, 6) is 0.320. The fourth-order valence-electron chi connectivity index (χ4n) is 1.82. The minimum Gasteiger partial charge on any atom is -0.345 e. The Kier molecular flexibility index (Phi) is 12.3. The summed E-state index contributed by atoms with van der Waals surface area (Å²) >= 11 is 1.34. The van der Waals surface area contributed by atoms with E-state index in [-0.39, 0.29) is 49.1 Å². The van der Waals surface area contributed by atoms with Gasteiger partial charge in [-0.1, -0.05) is 34.6 Å². The molecule has 0 saturated heterocycles. The van der Waals surface area contributed by atoms with Gasteiger partial charge in [-0.15, -0.1) is 36.2 Å². The van der Waals surface area contributed by atoms with Crippen LogP contribution in [-0.2, 0) is 16.0 Å². The lowest BCUT2D eigenvalue weighted by molar-refractivity contribution is -0.129. The molecule has 152 valence electrons. The number of hydrogen-bond donors (Lipinski definition) is 2. The first kappa shape index (κ1) is 27.3. The fraction of sp³-hybridized carbons (Fsp3) is 0.706. The second kappa shape index (κ2) is 11.7. The van der Waals surface area contributed by atoms with E-state index in [0.717, 1.165) is 6.42 Å². The molecule has 6 nitrogen and oxygen atoms in total. The minimum absolute atomic E-state index is 0. The summed E-state index contributed by atoms with van der Waals surface area (Å²) in [6, 6.07) is 0.0961. The van der Waals surface area contributed by atoms with Gasteiger partial charge in [-0.2, -0.15) is 0 Å². The van der Waals surface area contributed by atoms with Gasteiger partial charge in [0, 0.05) is 30.4 Å². The van der Waals surface area contributed by atoms with E-state index in [0.29, 0.717) is 23.3 Å². The summed E-state index contributed by atoms with van der Waals surface area (Å²) in [6.07, 6.45) is 1.01. The summed E-state index contributed by atoms with van der Waals surface area (Å²) in [5, 5.41) is 5.12. The number of anilines is 1. The van der Waals surface area contributed by atoms with Crippen molar-refractivity contribution in [3.05, 3.63) is 11.1 Å². The highest BCUT2D eigenvalue weighted by molar-refractivity contribution is 7.13. The summed E-state index contributed by atoms with van der Waals surface area (Å²) < 4.78 is 0. The topological polar surface area (TPSA) is 88.3 Å². The number of hydrogen-bond acceptors (Lipinski definition) is 5. The second-order valence-corrected chi connectivity index (χ2v) is 8.39. The Morgan fingerprint density at radius 3 is 2.38 bits per heavy atom. The predicted molar refractivity (Wildman–Crippen MR) is 113 cm³/mol. The van der Waals surface area contributed by atoms with Crippen molar-refractivity contribution in [2.24, 2.45) is 17.1 Å². The van der Waals surface area contributed by atoms with Crippen LogP contribution in [0.1, 0.15) is 46.7 Å². The van der Waals surface area contributed by atoms with Gasteiger partial charge in [0.1, 0.15) is 0 Å². The number of carbonyl (C=O) groups excluding carboxylic acids is 2. The highest BCUT2D eigenvalue weighted by Gasteiger charge is 2.22. The van der Waals surface area contributed by atoms with E-state index in [1.54, 1.807) is 11.9 Å². The number of nitrogens with one attached hydrogen (secondary N) is 1. The van der Waals surface area contributed by atoms with Crippen molar-refractivity contribution in [3.63, 3.8) is 0 Å². The van der Waals surface area contributed by atoms with Crippen LogP contribution in [0.3, 0.4) is 0 Å². The van der Waals surface area contributed by atoms with Crippen LogP contribution in [0.25, 0.3) is 0 Å². The molecule has 0 aliphatic rings. The Bertz CT molecular complexity index is 573. The van der Waals surface area contributed by atoms with Crippen LogP contribution in [0.15, 0.2) is 5.38 Å². The molecule has 0 aliphatic carbocycles. The standard InChI is InChI=1S/C17H30N4O2S.2ClH/c1-11(2)13(18)7-8-21(6)14(22)9-12-10-24-16(19-12)20-15(23)17(3,4)5;;/h10-11,13H,7-9,18H2,1-6H3,(H,19,20,23);2*1H. The molecule has 0 radical (unpaired) electrons. The molecular weight excluding hydrogens is 395 g/mol. The first-order chi connectivity index (χ1) is 11.0. The largest absolute Gasteiger partial charge is 0.345 e. The second-order valence-electron chi connectivity index (χ2n) is 7.54. The molecule has 9 heteroatoms. The van der Waals surface area contributed by atoms with Gasteiger partial charge < -0.3 is 16.0 Å². The van der Waals surface area contributed by atoms with Crippen molar-refractivity contribution in [1.29, 1.82) is 0 Å². The average molecular weight is 427 g/mol. The van der Waals surface area contributed by atoms with Crippen molar-refractivity contribution in [3.8, 4) is 0 Å². The third-order valence-corrected chi connectivity index (χ3v) is 4.67. The highest BCUT2D eigenvalue weighted by Crippen LogP contribution is 2.21. The number of nitrogens with zero attached hydrogens (tertiary/aromatic N) is 2. The maximum atomic E-state index is 12.2. The predicted octanol–water partition coefficient (Wildman–Crippen LogP) is 3.35. The zero-order valence-corrected chi connectivity index (χ0v) is 18.8. The molecule has 3 N–H and O–H groups in total.